The lowest BCUT2D eigenvalue weighted by molar-refractivity contribution is -0.384. The van der Waals surface area contributed by atoms with Crippen molar-refractivity contribution in [2.75, 3.05) is 5.43 Å². The Balaban J connectivity index is 1.87. The van der Waals surface area contributed by atoms with E-state index in [1.54, 1.807) is 30.3 Å². The standard InChI is InChI=1S/C16H12N4O4/c1-10(17-18-13-8-4-5-9-14(13)20(23)24)19-15(21)11-6-2-3-7-12(11)16(19)22/h2-9,18H,1H3/b17-10-. The number of benzene rings is 2. The van der Waals surface area contributed by atoms with Crippen molar-refractivity contribution in [1.82, 2.24) is 4.90 Å². The minimum absolute atomic E-state index is 0.0966. The first kappa shape index (κ1) is 15.3. The van der Waals surface area contributed by atoms with Crippen LogP contribution >= 0.6 is 0 Å². The molecule has 0 fully saturated rings. The number of rotatable bonds is 3. The highest BCUT2D eigenvalue weighted by molar-refractivity contribution is 6.29. The lowest BCUT2D eigenvalue weighted by Crippen LogP contribution is -2.34. The Morgan fingerprint density at radius 2 is 1.58 bits per heavy atom. The van der Waals surface area contributed by atoms with Crippen molar-refractivity contribution in [3.63, 3.8) is 0 Å². The van der Waals surface area contributed by atoms with Crippen LogP contribution in [0.25, 0.3) is 0 Å². The normalized spacial score (nSPS) is 13.9. The smallest absolute Gasteiger partial charge is 0.270 e. The van der Waals surface area contributed by atoms with Gasteiger partial charge in [-0.2, -0.15) is 5.10 Å². The number of nitrogens with zero attached hydrogens (tertiary/aromatic N) is 3. The van der Waals surface area contributed by atoms with Crippen molar-refractivity contribution >= 4 is 29.0 Å². The summed E-state index contributed by atoms with van der Waals surface area (Å²) in [4.78, 5) is 36.0. The molecular weight excluding hydrogens is 312 g/mol. The van der Waals surface area contributed by atoms with E-state index in [-0.39, 0.29) is 17.2 Å². The Morgan fingerprint density at radius 1 is 1.04 bits per heavy atom. The minimum Gasteiger partial charge on any atom is -0.270 e. The number of hydrogen-bond donors (Lipinski definition) is 1. The first-order chi connectivity index (χ1) is 11.5. The number of nitro benzene ring substituents is 1. The van der Waals surface area contributed by atoms with Crippen molar-refractivity contribution in [1.29, 1.82) is 0 Å². The predicted octanol–water partition coefficient (Wildman–Crippen LogP) is 2.64. The van der Waals surface area contributed by atoms with E-state index in [2.05, 4.69) is 10.5 Å². The summed E-state index contributed by atoms with van der Waals surface area (Å²) in [6, 6.07) is 12.4. The van der Waals surface area contributed by atoms with E-state index >= 15 is 0 Å². The lowest BCUT2D eigenvalue weighted by atomic mass is 10.1. The topological polar surface area (TPSA) is 105 Å². The molecule has 0 unspecified atom stereocenters. The van der Waals surface area contributed by atoms with E-state index < -0.39 is 16.7 Å². The number of fused-ring (bicyclic) bond motifs is 1. The molecule has 0 spiro atoms. The molecule has 8 nitrogen and oxygen atoms in total. The zero-order chi connectivity index (χ0) is 17.3. The fourth-order valence-corrected chi connectivity index (χ4v) is 2.40. The second-order valence-electron chi connectivity index (χ2n) is 5.04. The molecule has 0 atom stereocenters. The van der Waals surface area contributed by atoms with Crippen LogP contribution in [0.1, 0.15) is 27.6 Å². The monoisotopic (exact) mass is 324 g/mol. The number of anilines is 1. The van der Waals surface area contributed by atoms with Crippen LogP contribution in [0, 0.1) is 10.1 Å². The van der Waals surface area contributed by atoms with E-state index in [0.29, 0.717) is 11.1 Å². The Morgan fingerprint density at radius 3 is 2.17 bits per heavy atom. The molecule has 1 aliphatic heterocycles. The van der Waals surface area contributed by atoms with E-state index in [9.17, 15) is 19.7 Å². The Labute approximate surface area is 136 Å². The summed E-state index contributed by atoms with van der Waals surface area (Å²) < 4.78 is 0. The fourth-order valence-electron chi connectivity index (χ4n) is 2.40. The van der Waals surface area contributed by atoms with Gasteiger partial charge < -0.3 is 0 Å². The third-order valence-corrected chi connectivity index (χ3v) is 3.56. The van der Waals surface area contributed by atoms with Crippen LogP contribution in [0.15, 0.2) is 53.6 Å². The second-order valence-corrected chi connectivity index (χ2v) is 5.04. The van der Waals surface area contributed by atoms with Gasteiger partial charge in [0.15, 0.2) is 0 Å². The average molecular weight is 324 g/mol. The molecule has 0 aromatic heterocycles. The summed E-state index contributed by atoms with van der Waals surface area (Å²) >= 11 is 0. The number of carbonyl (C=O) groups is 2. The lowest BCUT2D eigenvalue weighted by Gasteiger charge is -2.13. The van der Waals surface area contributed by atoms with Crippen molar-refractivity contribution in [3.8, 4) is 0 Å². The number of carbonyl (C=O) groups excluding carboxylic acids is 2. The van der Waals surface area contributed by atoms with Crippen molar-refractivity contribution in [2.45, 2.75) is 6.92 Å². The Hall–Kier alpha value is -3.55. The number of nitro groups is 1. The van der Waals surface area contributed by atoms with Crippen LogP contribution in [0.3, 0.4) is 0 Å². The van der Waals surface area contributed by atoms with Crippen molar-refractivity contribution in [3.05, 3.63) is 69.8 Å². The van der Waals surface area contributed by atoms with Crippen LogP contribution < -0.4 is 5.43 Å². The largest absolute Gasteiger partial charge is 0.294 e. The van der Waals surface area contributed by atoms with Crippen molar-refractivity contribution < 1.29 is 14.5 Å². The van der Waals surface area contributed by atoms with Gasteiger partial charge in [0, 0.05) is 6.07 Å². The van der Waals surface area contributed by atoms with Gasteiger partial charge in [0.05, 0.1) is 16.1 Å². The van der Waals surface area contributed by atoms with Gasteiger partial charge in [-0.25, -0.2) is 4.90 Å². The summed E-state index contributed by atoms with van der Waals surface area (Å²) in [5.41, 5.74) is 3.16. The molecule has 2 aromatic carbocycles. The van der Waals surface area contributed by atoms with Crippen LogP contribution in [0.2, 0.25) is 0 Å². The highest BCUT2D eigenvalue weighted by Gasteiger charge is 2.37. The van der Waals surface area contributed by atoms with Gasteiger partial charge in [-0.1, -0.05) is 24.3 Å². The highest BCUT2D eigenvalue weighted by Crippen LogP contribution is 2.25. The number of amidine groups is 1. The van der Waals surface area contributed by atoms with Crippen LogP contribution in [0.4, 0.5) is 11.4 Å². The molecule has 2 amide bonds. The molecule has 1 N–H and O–H groups in total. The quantitative estimate of drug-likeness (QED) is 0.307. The summed E-state index contributed by atoms with van der Waals surface area (Å²) in [7, 11) is 0. The van der Waals surface area contributed by atoms with Crippen LogP contribution in [-0.2, 0) is 0 Å². The number of amides is 2. The van der Waals surface area contributed by atoms with E-state index in [1.807, 2.05) is 0 Å². The Bertz CT molecular complexity index is 856. The molecule has 1 aliphatic rings. The molecule has 0 radical (unpaired) electrons. The number of imide groups is 1. The number of hydrogen-bond acceptors (Lipinski definition) is 6. The molecule has 24 heavy (non-hydrogen) atoms. The molecular formula is C16H12N4O4. The molecule has 120 valence electrons. The van der Waals surface area contributed by atoms with E-state index in [0.717, 1.165) is 4.90 Å². The third kappa shape index (κ3) is 2.50. The first-order valence-electron chi connectivity index (χ1n) is 7.02. The van der Waals surface area contributed by atoms with Gasteiger partial charge in [0.25, 0.3) is 17.5 Å². The second kappa shape index (κ2) is 5.92. The SMILES string of the molecule is C/C(=N/Nc1ccccc1[N+](=O)[O-])N1C(=O)c2ccccc2C1=O. The third-order valence-electron chi connectivity index (χ3n) is 3.56. The van der Waals surface area contributed by atoms with Gasteiger partial charge in [-0.15, -0.1) is 0 Å². The summed E-state index contributed by atoms with van der Waals surface area (Å²) in [6.45, 7) is 1.48. The van der Waals surface area contributed by atoms with E-state index in [4.69, 9.17) is 0 Å². The van der Waals surface area contributed by atoms with Gasteiger partial charge >= 0.3 is 0 Å². The van der Waals surface area contributed by atoms with Gasteiger partial charge in [0.1, 0.15) is 11.5 Å². The first-order valence-corrected chi connectivity index (χ1v) is 7.02. The maximum Gasteiger partial charge on any atom is 0.294 e. The molecule has 0 bridgehead atoms. The fraction of sp³-hybridized carbons (Fsp3) is 0.0625. The zero-order valence-electron chi connectivity index (χ0n) is 12.6. The molecule has 0 saturated carbocycles. The predicted molar refractivity (Wildman–Crippen MR) is 86.8 cm³/mol. The van der Waals surface area contributed by atoms with Crippen LogP contribution in [-0.4, -0.2) is 27.5 Å². The number of nitrogens with one attached hydrogen (secondary N) is 1. The van der Waals surface area contributed by atoms with E-state index in [1.165, 1.54) is 25.1 Å². The summed E-state index contributed by atoms with van der Waals surface area (Å²) in [5, 5.41) is 14.9. The molecule has 2 aromatic rings. The maximum absolute atomic E-state index is 12.3. The average Bonchev–Trinajstić information content (AvgIpc) is 2.84. The van der Waals surface area contributed by atoms with Crippen LogP contribution in [0.5, 0.6) is 0 Å². The molecule has 1 heterocycles. The zero-order valence-corrected chi connectivity index (χ0v) is 12.6. The van der Waals surface area contributed by atoms with Gasteiger partial charge in [0.2, 0.25) is 0 Å². The van der Waals surface area contributed by atoms with Gasteiger partial charge in [-0.05, 0) is 25.1 Å². The molecule has 8 heteroatoms. The number of para-hydroxylation sites is 2. The number of hydrazone groups is 1. The highest BCUT2D eigenvalue weighted by atomic mass is 16.6. The summed E-state index contributed by atoms with van der Waals surface area (Å²) in [5.74, 6) is -0.846. The summed E-state index contributed by atoms with van der Waals surface area (Å²) in [6.07, 6.45) is 0. The minimum atomic E-state index is -0.546. The van der Waals surface area contributed by atoms with Crippen molar-refractivity contribution in [2.24, 2.45) is 5.10 Å². The molecule has 0 aliphatic carbocycles. The molecule has 0 saturated heterocycles. The van der Waals surface area contributed by atoms with Gasteiger partial charge in [-0.3, -0.25) is 25.1 Å². The Kier molecular flexibility index (Phi) is 3.78. The molecule has 3 rings (SSSR count). The maximum atomic E-state index is 12.3.